The molecule has 0 bridgehead atoms. The average molecular weight is 832 g/mol. The fraction of sp³-hybridized carbons (Fsp3) is 0.0938. The highest BCUT2D eigenvalue weighted by atomic mass is 15.1. The van der Waals surface area contributed by atoms with Gasteiger partial charge in [0.25, 0.3) is 0 Å². The molecule has 0 heterocycles. The zero-order chi connectivity index (χ0) is 43.5. The number of nitrogens with zero attached hydrogens (tertiary/aromatic N) is 1. The van der Waals surface area contributed by atoms with Crippen LogP contribution in [0, 0.1) is 5.92 Å². The molecule has 2 atom stereocenters. The topological polar surface area (TPSA) is 3.24 Å². The Morgan fingerprint density at radius 3 is 1.32 bits per heavy atom. The summed E-state index contributed by atoms with van der Waals surface area (Å²) in [6.07, 6.45) is 9.46. The van der Waals surface area contributed by atoms with Gasteiger partial charge in [-0.25, -0.2) is 0 Å². The van der Waals surface area contributed by atoms with Crippen molar-refractivity contribution in [3.63, 3.8) is 0 Å². The molecule has 0 amide bonds. The maximum atomic E-state index is 2.54. The van der Waals surface area contributed by atoms with Crippen molar-refractivity contribution >= 4 is 17.1 Å². The molecule has 0 N–H and O–H groups in total. The molecular weight excluding hydrogens is 783 g/mol. The lowest BCUT2D eigenvalue weighted by molar-refractivity contribution is 0.420. The van der Waals surface area contributed by atoms with E-state index in [0.717, 1.165) is 17.1 Å². The van der Waals surface area contributed by atoms with Crippen molar-refractivity contribution in [3.05, 3.63) is 282 Å². The number of hydrogen-bond acceptors (Lipinski definition) is 1. The summed E-state index contributed by atoms with van der Waals surface area (Å²) in [5.74, 6) is 0.574. The Labute approximate surface area is 383 Å². The summed E-state index contributed by atoms with van der Waals surface area (Å²) in [6, 6.07) is 83.2. The van der Waals surface area contributed by atoms with Gasteiger partial charge in [-0.15, -0.1) is 0 Å². The van der Waals surface area contributed by atoms with Gasteiger partial charge in [0.2, 0.25) is 0 Å². The lowest BCUT2D eigenvalue weighted by Gasteiger charge is -2.49. The van der Waals surface area contributed by atoms with E-state index in [1.54, 1.807) is 0 Å². The normalized spacial score (nSPS) is 16.9. The minimum Gasteiger partial charge on any atom is -0.310 e. The molecule has 1 nitrogen and oxygen atoms in total. The summed E-state index contributed by atoms with van der Waals surface area (Å²) in [4.78, 5) is 2.38. The van der Waals surface area contributed by atoms with Gasteiger partial charge in [-0.3, -0.25) is 0 Å². The summed E-state index contributed by atoms with van der Waals surface area (Å²) in [5.41, 5.74) is 21.1. The first-order valence-electron chi connectivity index (χ1n) is 23.0. The Balaban J connectivity index is 0.956. The van der Waals surface area contributed by atoms with Crippen LogP contribution < -0.4 is 4.90 Å². The molecule has 0 radical (unpaired) electrons. The van der Waals surface area contributed by atoms with Crippen LogP contribution in [0.15, 0.2) is 249 Å². The van der Waals surface area contributed by atoms with E-state index in [9.17, 15) is 0 Å². The van der Waals surface area contributed by atoms with E-state index >= 15 is 0 Å². The van der Waals surface area contributed by atoms with Crippen molar-refractivity contribution in [3.8, 4) is 44.5 Å². The Hall–Kier alpha value is -7.74. The molecular formula is C64H49N. The minimum absolute atomic E-state index is 0.113. The van der Waals surface area contributed by atoms with E-state index < -0.39 is 0 Å². The van der Waals surface area contributed by atoms with Gasteiger partial charge in [0, 0.05) is 34.3 Å². The first kappa shape index (κ1) is 38.9. The van der Waals surface area contributed by atoms with Gasteiger partial charge < -0.3 is 4.90 Å². The third-order valence-electron chi connectivity index (χ3n) is 14.6. The molecule has 0 aromatic heterocycles. The van der Waals surface area contributed by atoms with Gasteiger partial charge in [-0.1, -0.05) is 214 Å². The molecule has 1 heteroatoms. The quantitative estimate of drug-likeness (QED) is 0.155. The SMILES string of the molecule is CC1(C)c2ccccc2C2(c3cc(-c4cccc(-c5cccc(N(c6ccc(-c7ccccc7)cc6)c6ccc(-c7ccccc7)cc6)c5)c4)ccc3C3C=CC=CC32)c2ccccc21. The van der Waals surface area contributed by atoms with Gasteiger partial charge >= 0.3 is 0 Å². The van der Waals surface area contributed by atoms with E-state index in [4.69, 9.17) is 0 Å². The Kier molecular flexibility index (Phi) is 9.28. The molecule has 3 aliphatic rings. The van der Waals surface area contributed by atoms with Crippen LogP contribution in [0.25, 0.3) is 44.5 Å². The summed E-state index contributed by atoms with van der Waals surface area (Å²) in [7, 11) is 0. The molecule has 9 aromatic rings. The number of fused-ring (bicyclic) bond motifs is 9. The van der Waals surface area contributed by atoms with Crippen LogP contribution >= 0.6 is 0 Å². The first-order valence-corrected chi connectivity index (χ1v) is 23.0. The van der Waals surface area contributed by atoms with Crippen LogP contribution in [0.1, 0.15) is 53.1 Å². The summed E-state index contributed by atoms with van der Waals surface area (Å²) >= 11 is 0. The standard InChI is InChI=1S/C64H49N/c1-63(2)58-27-11-13-29-60(58)64(61-30-14-12-28-59(61)63)57-26-10-9-25-55(57)56-40-35-51(43-62(56)64)49-22-15-21-48(41-49)50-23-16-24-54(42-50)65(52-36-31-46(32-37-52)44-17-5-3-6-18-44)53-38-33-47(34-39-53)45-19-7-4-8-20-45/h3-43,55,57H,1-2H3. The monoisotopic (exact) mass is 831 g/mol. The summed E-state index contributed by atoms with van der Waals surface area (Å²) in [5, 5.41) is 0. The molecule has 0 saturated carbocycles. The third-order valence-corrected chi connectivity index (χ3v) is 14.6. The molecule has 12 rings (SSSR count). The van der Waals surface area contributed by atoms with Crippen molar-refractivity contribution in [2.75, 3.05) is 4.90 Å². The molecule has 0 aliphatic heterocycles. The molecule has 0 saturated heterocycles. The van der Waals surface area contributed by atoms with Crippen molar-refractivity contribution in [2.45, 2.75) is 30.6 Å². The molecule has 0 fully saturated rings. The number of benzene rings is 9. The van der Waals surface area contributed by atoms with Crippen LogP contribution in [-0.2, 0) is 10.8 Å². The predicted molar refractivity (Wildman–Crippen MR) is 272 cm³/mol. The first-order chi connectivity index (χ1) is 32.0. The van der Waals surface area contributed by atoms with Gasteiger partial charge in [0.15, 0.2) is 0 Å². The number of rotatable bonds is 7. The molecule has 2 unspecified atom stereocenters. The van der Waals surface area contributed by atoms with E-state index in [0.29, 0.717) is 5.92 Å². The second kappa shape index (κ2) is 15.5. The lowest BCUT2D eigenvalue weighted by atomic mass is 9.53. The van der Waals surface area contributed by atoms with E-state index in [-0.39, 0.29) is 16.7 Å². The number of hydrogen-bond donors (Lipinski definition) is 0. The maximum absolute atomic E-state index is 2.54. The van der Waals surface area contributed by atoms with E-state index in [1.165, 1.54) is 77.9 Å². The molecule has 1 spiro atoms. The van der Waals surface area contributed by atoms with Crippen molar-refractivity contribution < 1.29 is 0 Å². The van der Waals surface area contributed by atoms with E-state index in [2.05, 4.69) is 268 Å². The highest BCUT2D eigenvalue weighted by molar-refractivity contribution is 5.84. The van der Waals surface area contributed by atoms with Crippen LogP contribution in [0.5, 0.6) is 0 Å². The second-order valence-electron chi connectivity index (χ2n) is 18.4. The highest BCUT2D eigenvalue weighted by Gasteiger charge is 2.57. The Morgan fingerprint density at radius 1 is 0.323 bits per heavy atom. The minimum atomic E-state index is -0.312. The average Bonchev–Trinajstić information content (AvgIpc) is 3.67. The predicted octanol–water partition coefficient (Wildman–Crippen LogP) is 16.6. The molecule has 9 aromatic carbocycles. The van der Waals surface area contributed by atoms with Gasteiger partial charge in [0.1, 0.15) is 0 Å². The van der Waals surface area contributed by atoms with Gasteiger partial charge in [-0.2, -0.15) is 0 Å². The highest BCUT2D eigenvalue weighted by Crippen LogP contribution is 2.64. The van der Waals surface area contributed by atoms with Crippen molar-refractivity contribution in [2.24, 2.45) is 5.92 Å². The smallest absolute Gasteiger partial charge is 0.0531 e. The fourth-order valence-corrected chi connectivity index (χ4v) is 11.6. The Bertz CT molecular complexity index is 3150. The zero-order valence-electron chi connectivity index (χ0n) is 36.8. The number of anilines is 3. The lowest BCUT2D eigenvalue weighted by Crippen LogP contribution is -2.44. The third kappa shape index (κ3) is 6.29. The Morgan fingerprint density at radius 2 is 0.754 bits per heavy atom. The van der Waals surface area contributed by atoms with Gasteiger partial charge in [0.05, 0.1) is 5.41 Å². The van der Waals surface area contributed by atoms with Crippen LogP contribution in [0.2, 0.25) is 0 Å². The second-order valence-corrected chi connectivity index (χ2v) is 18.4. The molecule has 3 aliphatic carbocycles. The molecule has 65 heavy (non-hydrogen) atoms. The van der Waals surface area contributed by atoms with Crippen LogP contribution in [-0.4, -0.2) is 0 Å². The zero-order valence-corrected chi connectivity index (χ0v) is 36.8. The van der Waals surface area contributed by atoms with Crippen molar-refractivity contribution in [1.82, 2.24) is 0 Å². The fourth-order valence-electron chi connectivity index (χ4n) is 11.6. The molecule has 310 valence electrons. The van der Waals surface area contributed by atoms with Crippen LogP contribution in [0.3, 0.4) is 0 Å². The number of allylic oxidation sites excluding steroid dienone is 4. The maximum Gasteiger partial charge on any atom is 0.0531 e. The summed E-state index contributed by atoms with van der Waals surface area (Å²) < 4.78 is 0. The van der Waals surface area contributed by atoms with E-state index in [1.807, 2.05) is 0 Å². The largest absolute Gasteiger partial charge is 0.310 e. The van der Waals surface area contributed by atoms with Crippen LogP contribution in [0.4, 0.5) is 17.1 Å². The summed E-state index contributed by atoms with van der Waals surface area (Å²) in [6.45, 7) is 4.81. The van der Waals surface area contributed by atoms with Crippen molar-refractivity contribution in [1.29, 1.82) is 0 Å². The van der Waals surface area contributed by atoms with Gasteiger partial charge in [-0.05, 0) is 126 Å².